The zero-order valence-corrected chi connectivity index (χ0v) is 11.0. The number of nitrogens with zero attached hydrogens (tertiary/aromatic N) is 2. The van der Waals surface area contributed by atoms with Crippen LogP contribution in [0.5, 0.6) is 0 Å². The van der Waals surface area contributed by atoms with Gasteiger partial charge in [0.25, 0.3) is 0 Å². The van der Waals surface area contributed by atoms with Crippen molar-refractivity contribution in [1.29, 1.82) is 0 Å². The highest BCUT2D eigenvalue weighted by Crippen LogP contribution is 2.31. The van der Waals surface area contributed by atoms with Gasteiger partial charge in [0.15, 0.2) is 0 Å². The lowest BCUT2D eigenvalue weighted by Crippen LogP contribution is -2.02. The van der Waals surface area contributed by atoms with E-state index in [-0.39, 0.29) is 0 Å². The minimum absolute atomic E-state index is 0.496. The minimum Gasteiger partial charge on any atom is -0.326 e. The molecule has 0 saturated heterocycles. The highest BCUT2D eigenvalue weighted by Gasteiger charge is 2.10. The van der Waals surface area contributed by atoms with Gasteiger partial charge < -0.3 is 5.73 Å². The van der Waals surface area contributed by atoms with E-state index in [1.807, 2.05) is 24.3 Å². The second kappa shape index (κ2) is 5.63. The third-order valence-corrected chi connectivity index (χ3v) is 3.36. The molecule has 98 valence electrons. The summed E-state index contributed by atoms with van der Waals surface area (Å²) in [6, 6.07) is 14.3. The Morgan fingerprint density at radius 3 is 1.55 bits per heavy atom. The summed E-state index contributed by atoms with van der Waals surface area (Å²) in [5.41, 5.74) is 11.7. The zero-order valence-electron chi connectivity index (χ0n) is 11.0. The van der Waals surface area contributed by atoms with Crippen molar-refractivity contribution >= 4 is 0 Å². The first-order chi connectivity index (χ1) is 9.90. The standard InChI is InChI=1S/C17H15N3/c18-12-17-15(13-4-8-19-9-5-13)2-1-3-16(17)14-6-10-20-11-7-14/h1-11H,12,18H2. The smallest absolute Gasteiger partial charge is 0.0273 e. The predicted octanol–water partition coefficient (Wildman–Crippen LogP) is 3.27. The van der Waals surface area contributed by atoms with E-state index in [2.05, 4.69) is 28.2 Å². The van der Waals surface area contributed by atoms with Gasteiger partial charge in [-0.1, -0.05) is 18.2 Å². The molecule has 0 amide bonds. The van der Waals surface area contributed by atoms with E-state index >= 15 is 0 Å². The summed E-state index contributed by atoms with van der Waals surface area (Å²) in [5.74, 6) is 0. The zero-order chi connectivity index (χ0) is 13.8. The average Bonchev–Trinajstić information content (AvgIpc) is 2.55. The van der Waals surface area contributed by atoms with Crippen LogP contribution in [-0.4, -0.2) is 9.97 Å². The first kappa shape index (κ1) is 12.5. The first-order valence-corrected chi connectivity index (χ1v) is 6.53. The van der Waals surface area contributed by atoms with Gasteiger partial charge in [-0.05, 0) is 52.1 Å². The molecule has 0 spiro atoms. The minimum atomic E-state index is 0.496. The normalized spacial score (nSPS) is 10.4. The van der Waals surface area contributed by atoms with Crippen LogP contribution < -0.4 is 5.73 Å². The molecule has 3 aromatic rings. The van der Waals surface area contributed by atoms with Crippen molar-refractivity contribution in [2.75, 3.05) is 0 Å². The van der Waals surface area contributed by atoms with E-state index in [4.69, 9.17) is 5.73 Å². The van der Waals surface area contributed by atoms with E-state index < -0.39 is 0 Å². The maximum atomic E-state index is 5.99. The van der Waals surface area contributed by atoms with Gasteiger partial charge in [-0.2, -0.15) is 0 Å². The van der Waals surface area contributed by atoms with Crippen LogP contribution in [0.25, 0.3) is 22.3 Å². The summed E-state index contributed by atoms with van der Waals surface area (Å²) >= 11 is 0. The molecule has 3 nitrogen and oxygen atoms in total. The number of benzene rings is 1. The molecule has 0 atom stereocenters. The van der Waals surface area contributed by atoms with Crippen molar-refractivity contribution < 1.29 is 0 Å². The Kier molecular flexibility index (Phi) is 3.52. The molecule has 0 aliphatic heterocycles. The van der Waals surface area contributed by atoms with Gasteiger partial charge in [0.2, 0.25) is 0 Å². The van der Waals surface area contributed by atoms with Gasteiger partial charge in [0.05, 0.1) is 0 Å². The van der Waals surface area contributed by atoms with E-state index in [1.165, 1.54) is 0 Å². The van der Waals surface area contributed by atoms with Crippen LogP contribution in [0, 0.1) is 0 Å². The van der Waals surface area contributed by atoms with E-state index in [9.17, 15) is 0 Å². The molecule has 0 unspecified atom stereocenters. The maximum absolute atomic E-state index is 5.99. The summed E-state index contributed by atoms with van der Waals surface area (Å²) < 4.78 is 0. The number of hydrogen-bond donors (Lipinski definition) is 1. The van der Waals surface area contributed by atoms with Crippen LogP contribution in [0.3, 0.4) is 0 Å². The van der Waals surface area contributed by atoms with Gasteiger partial charge in [-0.15, -0.1) is 0 Å². The molecular formula is C17H15N3. The fourth-order valence-corrected chi connectivity index (χ4v) is 2.41. The molecule has 0 aliphatic rings. The lowest BCUT2D eigenvalue weighted by atomic mass is 9.92. The van der Waals surface area contributed by atoms with Crippen LogP contribution in [0.2, 0.25) is 0 Å². The van der Waals surface area contributed by atoms with Gasteiger partial charge in [-0.25, -0.2) is 0 Å². The molecule has 3 rings (SSSR count). The quantitative estimate of drug-likeness (QED) is 0.787. The van der Waals surface area contributed by atoms with Gasteiger partial charge in [0, 0.05) is 31.3 Å². The molecule has 0 saturated carbocycles. The van der Waals surface area contributed by atoms with Gasteiger partial charge in [-0.3, -0.25) is 9.97 Å². The van der Waals surface area contributed by atoms with E-state index in [0.29, 0.717) is 6.54 Å². The molecule has 2 N–H and O–H groups in total. The predicted molar refractivity (Wildman–Crippen MR) is 80.8 cm³/mol. The van der Waals surface area contributed by atoms with E-state index in [0.717, 1.165) is 27.8 Å². The molecule has 2 aromatic heterocycles. The van der Waals surface area contributed by atoms with E-state index in [1.54, 1.807) is 24.8 Å². The van der Waals surface area contributed by atoms with Crippen molar-refractivity contribution in [1.82, 2.24) is 9.97 Å². The lowest BCUT2D eigenvalue weighted by Gasteiger charge is -2.13. The second-order valence-electron chi connectivity index (χ2n) is 4.51. The summed E-state index contributed by atoms with van der Waals surface area (Å²) in [4.78, 5) is 8.13. The first-order valence-electron chi connectivity index (χ1n) is 6.53. The van der Waals surface area contributed by atoms with Crippen molar-refractivity contribution in [2.45, 2.75) is 6.54 Å². The van der Waals surface area contributed by atoms with Crippen molar-refractivity contribution in [2.24, 2.45) is 5.73 Å². The molecule has 0 bridgehead atoms. The van der Waals surface area contributed by atoms with Crippen LogP contribution in [-0.2, 0) is 6.54 Å². The monoisotopic (exact) mass is 261 g/mol. The van der Waals surface area contributed by atoms with Crippen LogP contribution in [0.4, 0.5) is 0 Å². The fourth-order valence-electron chi connectivity index (χ4n) is 2.41. The molecule has 20 heavy (non-hydrogen) atoms. The number of nitrogens with two attached hydrogens (primary N) is 1. The van der Waals surface area contributed by atoms with Crippen molar-refractivity contribution in [3.63, 3.8) is 0 Å². The molecule has 0 fully saturated rings. The Balaban J connectivity index is 2.19. The molecule has 1 aromatic carbocycles. The Bertz CT molecular complexity index is 636. The maximum Gasteiger partial charge on any atom is 0.0273 e. The Morgan fingerprint density at radius 2 is 1.15 bits per heavy atom. The molecule has 2 heterocycles. The largest absolute Gasteiger partial charge is 0.326 e. The van der Waals surface area contributed by atoms with Gasteiger partial charge >= 0.3 is 0 Å². The Hall–Kier alpha value is -2.52. The number of aromatic nitrogens is 2. The lowest BCUT2D eigenvalue weighted by molar-refractivity contribution is 1.07. The second-order valence-corrected chi connectivity index (χ2v) is 4.51. The molecule has 0 aliphatic carbocycles. The van der Waals surface area contributed by atoms with Gasteiger partial charge in [0.1, 0.15) is 0 Å². The summed E-state index contributed by atoms with van der Waals surface area (Å²) in [7, 11) is 0. The molecular weight excluding hydrogens is 246 g/mol. The highest BCUT2D eigenvalue weighted by molar-refractivity contribution is 5.78. The third-order valence-electron chi connectivity index (χ3n) is 3.36. The number of hydrogen-bond acceptors (Lipinski definition) is 3. The number of rotatable bonds is 3. The molecule has 3 heteroatoms. The van der Waals surface area contributed by atoms with Crippen LogP contribution >= 0.6 is 0 Å². The average molecular weight is 261 g/mol. The summed E-state index contributed by atoms with van der Waals surface area (Å²) in [5, 5.41) is 0. The fraction of sp³-hybridized carbons (Fsp3) is 0.0588. The SMILES string of the molecule is NCc1c(-c2ccncc2)cccc1-c1ccncc1. The topological polar surface area (TPSA) is 51.8 Å². The van der Waals surface area contributed by atoms with Crippen LogP contribution in [0.15, 0.2) is 67.3 Å². The Morgan fingerprint density at radius 1 is 0.700 bits per heavy atom. The molecule has 0 radical (unpaired) electrons. The summed E-state index contributed by atoms with van der Waals surface area (Å²) in [6.45, 7) is 0.496. The summed E-state index contributed by atoms with van der Waals surface area (Å²) in [6.07, 6.45) is 7.20. The highest BCUT2D eigenvalue weighted by atomic mass is 14.6. The third kappa shape index (κ3) is 2.31. The van der Waals surface area contributed by atoms with Crippen LogP contribution in [0.1, 0.15) is 5.56 Å². The van der Waals surface area contributed by atoms with Crippen molar-refractivity contribution in [3.8, 4) is 22.3 Å². The van der Waals surface area contributed by atoms with Crippen molar-refractivity contribution in [3.05, 3.63) is 72.8 Å². The Labute approximate surface area is 118 Å². The number of pyridine rings is 2.